The summed E-state index contributed by atoms with van der Waals surface area (Å²) < 4.78 is 5.18. The fraction of sp³-hybridized carbons (Fsp3) is 0.500. The fourth-order valence-corrected chi connectivity index (χ4v) is 2.73. The number of benzene rings is 1. The summed E-state index contributed by atoms with van der Waals surface area (Å²) in [5.41, 5.74) is 2.46. The summed E-state index contributed by atoms with van der Waals surface area (Å²) in [5.74, 6) is 0.907. The summed E-state index contributed by atoms with van der Waals surface area (Å²) in [5, 5.41) is 0. The third-order valence-corrected chi connectivity index (χ3v) is 3.77. The standard InChI is InChI=1S/C14H18N2O/c1-17-13-6-4-11(5-7-13)14-10-16-8-2-3-12(16)9-15-14/h4-7,12H,2-3,8-10H2,1H3. The van der Waals surface area contributed by atoms with Crippen LogP contribution in [0.5, 0.6) is 5.75 Å². The average Bonchev–Trinajstić information content (AvgIpc) is 2.86. The van der Waals surface area contributed by atoms with Gasteiger partial charge in [-0.15, -0.1) is 0 Å². The van der Waals surface area contributed by atoms with Crippen molar-refractivity contribution in [1.82, 2.24) is 4.90 Å². The second-order valence-electron chi connectivity index (χ2n) is 4.78. The molecular weight excluding hydrogens is 212 g/mol. The maximum Gasteiger partial charge on any atom is 0.118 e. The molecule has 0 aliphatic carbocycles. The maximum absolute atomic E-state index is 5.18. The summed E-state index contributed by atoms with van der Waals surface area (Å²) in [6, 6.07) is 8.93. The molecule has 1 unspecified atom stereocenters. The first-order valence-corrected chi connectivity index (χ1v) is 6.28. The first kappa shape index (κ1) is 10.8. The van der Waals surface area contributed by atoms with Crippen LogP contribution in [0.2, 0.25) is 0 Å². The minimum atomic E-state index is 0.706. The number of aliphatic imine (C=N–C) groups is 1. The largest absolute Gasteiger partial charge is 0.497 e. The smallest absolute Gasteiger partial charge is 0.118 e. The zero-order valence-electron chi connectivity index (χ0n) is 10.2. The maximum atomic E-state index is 5.18. The van der Waals surface area contributed by atoms with Gasteiger partial charge in [-0.3, -0.25) is 9.89 Å². The van der Waals surface area contributed by atoms with Gasteiger partial charge < -0.3 is 4.74 Å². The number of methoxy groups -OCH3 is 1. The summed E-state index contributed by atoms with van der Waals surface area (Å²) in [4.78, 5) is 7.29. The second-order valence-corrected chi connectivity index (χ2v) is 4.78. The van der Waals surface area contributed by atoms with Crippen LogP contribution in [0.4, 0.5) is 0 Å². The molecule has 3 heteroatoms. The van der Waals surface area contributed by atoms with Gasteiger partial charge in [-0.25, -0.2) is 0 Å². The summed E-state index contributed by atoms with van der Waals surface area (Å²) in [6.07, 6.45) is 2.65. The van der Waals surface area contributed by atoms with Crippen LogP contribution in [0.1, 0.15) is 18.4 Å². The van der Waals surface area contributed by atoms with E-state index >= 15 is 0 Å². The van der Waals surface area contributed by atoms with Crippen molar-refractivity contribution in [3.8, 4) is 5.75 Å². The number of ether oxygens (including phenoxy) is 1. The molecule has 0 radical (unpaired) electrons. The lowest BCUT2D eigenvalue weighted by Gasteiger charge is -2.28. The van der Waals surface area contributed by atoms with E-state index in [1.165, 1.54) is 30.7 Å². The van der Waals surface area contributed by atoms with Crippen molar-refractivity contribution < 1.29 is 4.74 Å². The molecule has 2 aliphatic heterocycles. The number of nitrogens with zero attached hydrogens (tertiary/aromatic N) is 2. The van der Waals surface area contributed by atoms with Gasteiger partial charge in [-0.2, -0.15) is 0 Å². The SMILES string of the molecule is COc1ccc(C2=NCC3CCCN3C2)cc1. The highest BCUT2D eigenvalue weighted by atomic mass is 16.5. The predicted molar refractivity (Wildman–Crippen MR) is 69.0 cm³/mol. The highest BCUT2D eigenvalue weighted by Crippen LogP contribution is 2.22. The Balaban J connectivity index is 1.79. The van der Waals surface area contributed by atoms with Crippen LogP contribution in [-0.4, -0.2) is 43.4 Å². The van der Waals surface area contributed by atoms with E-state index in [-0.39, 0.29) is 0 Å². The zero-order valence-corrected chi connectivity index (χ0v) is 10.2. The van der Waals surface area contributed by atoms with E-state index < -0.39 is 0 Å². The van der Waals surface area contributed by atoms with Crippen LogP contribution < -0.4 is 4.74 Å². The van der Waals surface area contributed by atoms with Crippen molar-refractivity contribution in [3.63, 3.8) is 0 Å². The summed E-state index contributed by atoms with van der Waals surface area (Å²) >= 11 is 0. The van der Waals surface area contributed by atoms with E-state index in [0.29, 0.717) is 6.04 Å². The quantitative estimate of drug-likeness (QED) is 0.776. The molecule has 0 amide bonds. The Kier molecular flexibility index (Phi) is 2.85. The van der Waals surface area contributed by atoms with Crippen molar-refractivity contribution in [1.29, 1.82) is 0 Å². The molecule has 17 heavy (non-hydrogen) atoms. The zero-order chi connectivity index (χ0) is 11.7. The molecule has 1 aromatic carbocycles. The molecule has 0 spiro atoms. The lowest BCUT2D eigenvalue weighted by Crippen LogP contribution is -2.40. The monoisotopic (exact) mass is 230 g/mol. The lowest BCUT2D eigenvalue weighted by molar-refractivity contribution is 0.283. The molecule has 1 saturated heterocycles. The molecular formula is C14H18N2O. The van der Waals surface area contributed by atoms with E-state index in [1.54, 1.807) is 7.11 Å². The summed E-state index contributed by atoms with van der Waals surface area (Å²) in [6.45, 7) is 3.22. The van der Waals surface area contributed by atoms with Crippen LogP contribution >= 0.6 is 0 Å². The van der Waals surface area contributed by atoms with Gasteiger partial charge in [-0.05, 0) is 49.2 Å². The Morgan fingerprint density at radius 1 is 1.29 bits per heavy atom. The first-order chi connectivity index (χ1) is 8.36. The van der Waals surface area contributed by atoms with E-state index in [1.807, 2.05) is 12.1 Å². The first-order valence-electron chi connectivity index (χ1n) is 6.28. The topological polar surface area (TPSA) is 24.8 Å². The molecule has 3 nitrogen and oxygen atoms in total. The van der Waals surface area contributed by atoms with Crippen LogP contribution in [0.3, 0.4) is 0 Å². The van der Waals surface area contributed by atoms with E-state index in [2.05, 4.69) is 17.0 Å². The highest BCUT2D eigenvalue weighted by molar-refractivity contribution is 6.02. The molecule has 2 aliphatic rings. The Labute approximate surface area is 102 Å². The minimum Gasteiger partial charge on any atom is -0.497 e. The van der Waals surface area contributed by atoms with Gasteiger partial charge in [0.05, 0.1) is 19.4 Å². The predicted octanol–water partition coefficient (Wildman–Crippen LogP) is 1.96. The number of hydrogen-bond acceptors (Lipinski definition) is 3. The molecule has 90 valence electrons. The number of rotatable bonds is 2. The van der Waals surface area contributed by atoms with Gasteiger partial charge in [0, 0.05) is 12.6 Å². The number of hydrogen-bond donors (Lipinski definition) is 0. The molecule has 0 saturated carbocycles. The Hall–Kier alpha value is -1.35. The minimum absolute atomic E-state index is 0.706. The molecule has 1 atom stereocenters. The molecule has 3 rings (SSSR count). The van der Waals surface area contributed by atoms with E-state index in [4.69, 9.17) is 9.73 Å². The van der Waals surface area contributed by atoms with Gasteiger partial charge >= 0.3 is 0 Å². The molecule has 1 fully saturated rings. The highest BCUT2D eigenvalue weighted by Gasteiger charge is 2.28. The van der Waals surface area contributed by atoms with Crippen molar-refractivity contribution in [2.45, 2.75) is 18.9 Å². The third kappa shape index (κ3) is 2.07. The van der Waals surface area contributed by atoms with Crippen LogP contribution in [0, 0.1) is 0 Å². The van der Waals surface area contributed by atoms with Gasteiger partial charge in [0.25, 0.3) is 0 Å². The normalized spacial score (nSPS) is 24.3. The molecule has 1 aromatic rings. The van der Waals surface area contributed by atoms with Crippen LogP contribution in [-0.2, 0) is 0 Å². The third-order valence-electron chi connectivity index (χ3n) is 3.77. The van der Waals surface area contributed by atoms with Gasteiger partial charge in [0.1, 0.15) is 5.75 Å². The van der Waals surface area contributed by atoms with Crippen LogP contribution in [0.25, 0.3) is 0 Å². The number of fused-ring (bicyclic) bond motifs is 1. The second kappa shape index (κ2) is 4.49. The Morgan fingerprint density at radius 2 is 2.12 bits per heavy atom. The van der Waals surface area contributed by atoms with Gasteiger partial charge in [-0.1, -0.05) is 0 Å². The van der Waals surface area contributed by atoms with Crippen molar-refractivity contribution in [2.75, 3.05) is 26.7 Å². The van der Waals surface area contributed by atoms with Crippen molar-refractivity contribution in [2.24, 2.45) is 4.99 Å². The van der Waals surface area contributed by atoms with Crippen molar-refractivity contribution >= 4 is 5.71 Å². The van der Waals surface area contributed by atoms with Gasteiger partial charge in [0.15, 0.2) is 0 Å². The molecule has 0 aromatic heterocycles. The molecule has 0 bridgehead atoms. The average molecular weight is 230 g/mol. The van der Waals surface area contributed by atoms with Crippen molar-refractivity contribution in [3.05, 3.63) is 29.8 Å². The molecule has 0 N–H and O–H groups in total. The summed E-state index contributed by atoms with van der Waals surface area (Å²) in [7, 11) is 1.70. The molecule has 2 heterocycles. The van der Waals surface area contributed by atoms with E-state index in [0.717, 1.165) is 18.8 Å². The Morgan fingerprint density at radius 3 is 2.88 bits per heavy atom. The van der Waals surface area contributed by atoms with Gasteiger partial charge in [0.2, 0.25) is 0 Å². The fourth-order valence-electron chi connectivity index (χ4n) is 2.73. The van der Waals surface area contributed by atoms with E-state index in [9.17, 15) is 0 Å². The van der Waals surface area contributed by atoms with Crippen LogP contribution in [0.15, 0.2) is 29.3 Å². The lowest BCUT2D eigenvalue weighted by atomic mass is 10.1. The Bertz CT molecular complexity index is 424.